The summed E-state index contributed by atoms with van der Waals surface area (Å²) in [7, 11) is -1.89. The maximum atomic E-state index is 12.4. The second kappa shape index (κ2) is 6.86. The fourth-order valence-corrected chi connectivity index (χ4v) is 4.71. The van der Waals surface area contributed by atoms with Gasteiger partial charge in [-0.3, -0.25) is 0 Å². The maximum absolute atomic E-state index is 12.4. The zero-order valence-electron chi connectivity index (χ0n) is 10.7. The highest BCUT2D eigenvalue weighted by Crippen LogP contribution is 2.25. The van der Waals surface area contributed by atoms with Crippen LogP contribution in [0.2, 0.25) is 0 Å². The first-order valence-electron chi connectivity index (χ1n) is 5.57. The smallest absolute Gasteiger partial charge is 0.252 e. The van der Waals surface area contributed by atoms with Gasteiger partial charge < -0.3 is 4.74 Å². The highest BCUT2D eigenvalue weighted by molar-refractivity contribution is 7.91. The Morgan fingerprint density at radius 2 is 2.17 bits per heavy atom. The van der Waals surface area contributed by atoms with Crippen molar-refractivity contribution in [3.8, 4) is 0 Å². The molecule has 0 aliphatic rings. The third-order valence-electron chi connectivity index (χ3n) is 2.44. The largest absolute Gasteiger partial charge is 0.383 e. The van der Waals surface area contributed by atoms with E-state index in [0.29, 0.717) is 23.2 Å². The molecule has 0 atom stereocenters. The van der Waals surface area contributed by atoms with Gasteiger partial charge in [0.2, 0.25) is 0 Å². The van der Waals surface area contributed by atoms with Gasteiger partial charge in [0.15, 0.2) is 0 Å². The third kappa shape index (κ3) is 3.68. The van der Waals surface area contributed by atoms with Gasteiger partial charge in [-0.2, -0.15) is 4.31 Å². The minimum absolute atomic E-state index is 0.105. The Morgan fingerprint density at radius 1 is 1.50 bits per heavy atom. The summed E-state index contributed by atoms with van der Waals surface area (Å²) in [6.07, 6.45) is 0. The van der Waals surface area contributed by atoms with Crippen LogP contribution in [0.5, 0.6) is 0 Å². The summed E-state index contributed by atoms with van der Waals surface area (Å²) in [5.41, 5.74) is 0.829. The molecule has 0 spiro atoms. The lowest BCUT2D eigenvalue weighted by Crippen LogP contribution is -2.38. The number of hydrogen-bond acceptors (Lipinski definition) is 4. The molecule has 0 amide bonds. The van der Waals surface area contributed by atoms with Crippen LogP contribution in [-0.2, 0) is 20.6 Å². The van der Waals surface area contributed by atoms with E-state index in [0.717, 1.165) is 5.56 Å². The van der Waals surface area contributed by atoms with E-state index < -0.39 is 10.0 Å². The highest BCUT2D eigenvalue weighted by Gasteiger charge is 2.28. The number of halogens is 1. The van der Waals surface area contributed by atoms with Crippen molar-refractivity contribution < 1.29 is 13.2 Å². The van der Waals surface area contributed by atoms with Crippen LogP contribution in [0.1, 0.15) is 19.4 Å². The first-order chi connectivity index (χ1) is 8.43. The van der Waals surface area contributed by atoms with Gasteiger partial charge >= 0.3 is 0 Å². The average Bonchev–Trinajstić information content (AvgIpc) is 2.77. The third-order valence-corrected chi connectivity index (χ3v) is 6.29. The monoisotopic (exact) mass is 311 g/mol. The Kier molecular flexibility index (Phi) is 6.07. The molecule has 0 fully saturated rings. The van der Waals surface area contributed by atoms with E-state index in [1.165, 1.54) is 15.6 Å². The summed E-state index contributed by atoms with van der Waals surface area (Å²) in [5.74, 6) is 0.325. The summed E-state index contributed by atoms with van der Waals surface area (Å²) in [5, 5.41) is 1.77. The van der Waals surface area contributed by atoms with E-state index >= 15 is 0 Å². The minimum atomic E-state index is -3.45. The molecule has 4 nitrogen and oxygen atoms in total. The van der Waals surface area contributed by atoms with Crippen molar-refractivity contribution in [3.63, 3.8) is 0 Å². The quantitative estimate of drug-likeness (QED) is 0.727. The van der Waals surface area contributed by atoms with Gasteiger partial charge in [0, 0.05) is 25.6 Å². The molecule has 0 aliphatic heterocycles. The van der Waals surface area contributed by atoms with Crippen molar-refractivity contribution in [3.05, 3.63) is 17.0 Å². The molecule has 0 bridgehead atoms. The minimum Gasteiger partial charge on any atom is -0.383 e. The topological polar surface area (TPSA) is 46.6 Å². The second-order valence-corrected chi connectivity index (χ2v) is 7.41. The van der Waals surface area contributed by atoms with Crippen molar-refractivity contribution in [2.75, 3.05) is 20.3 Å². The van der Waals surface area contributed by atoms with E-state index in [9.17, 15) is 8.42 Å². The van der Waals surface area contributed by atoms with Crippen molar-refractivity contribution in [1.82, 2.24) is 4.31 Å². The molecule has 0 saturated carbocycles. The van der Waals surface area contributed by atoms with Crippen LogP contribution in [-0.4, -0.2) is 39.0 Å². The lowest BCUT2D eigenvalue weighted by Gasteiger charge is -2.24. The Morgan fingerprint density at radius 3 is 2.61 bits per heavy atom. The number of methoxy groups -OCH3 is 1. The van der Waals surface area contributed by atoms with Gasteiger partial charge in [-0.25, -0.2) is 8.42 Å². The molecule has 1 aromatic heterocycles. The van der Waals surface area contributed by atoms with Crippen molar-refractivity contribution in [2.24, 2.45) is 0 Å². The molecular weight excluding hydrogens is 294 g/mol. The Labute approximate surface area is 118 Å². The number of hydrogen-bond donors (Lipinski definition) is 0. The van der Waals surface area contributed by atoms with E-state index in [-0.39, 0.29) is 6.04 Å². The lowest BCUT2D eigenvalue weighted by molar-refractivity contribution is 0.171. The highest BCUT2D eigenvalue weighted by atomic mass is 35.5. The molecule has 104 valence electrons. The molecule has 1 heterocycles. The SMILES string of the molecule is COCCN(C(C)C)S(=O)(=O)c1cc(CCl)cs1. The number of rotatable bonds is 7. The predicted molar refractivity (Wildman–Crippen MR) is 74.8 cm³/mol. The van der Waals surface area contributed by atoms with E-state index in [2.05, 4.69) is 0 Å². The first-order valence-corrected chi connectivity index (χ1v) is 8.43. The number of ether oxygens (including phenoxy) is 1. The molecule has 18 heavy (non-hydrogen) atoms. The van der Waals surface area contributed by atoms with Crippen LogP contribution in [0.15, 0.2) is 15.7 Å². The van der Waals surface area contributed by atoms with Gasteiger partial charge in [-0.15, -0.1) is 22.9 Å². The predicted octanol–water partition coefficient (Wildman–Crippen LogP) is 2.53. The van der Waals surface area contributed by atoms with Gasteiger partial charge in [0.25, 0.3) is 10.0 Å². The van der Waals surface area contributed by atoms with Crippen molar-refractivity contribution in [2.45, 2.75) is 30.0 Å². The molecule has 1 aromatic rings. The molecular formula is C11H18ClNO3S2. The molecule has 0 saturated heterocycles. The molecule has 0 unspecified atom stereocenters. The van der Waals surface area contributed by atoms with Crippen molar-refractivity contribution >= 4 is 33.0 Å². The summed E-state index contributed by atoms with van der Waals surface area (Å²) in [6, 6.07) is 1.53. The van der Waals surface area contributed by atoms with Gasteiger partial charge in [0.05, 0.1) is 6.61 Å². The zero-order valence-corrected chi connectivity index (χ0v) is 13.1. The maximum Gasteiger partial charge on any atom is 0.252 e. The number of alkyl halides is 1. The Bertz CT molecular complexity index is 470. The number of sulfonamides is 1. The summed E-state index contributed by atoms with van der Waals surface area (Å²) < 4.78 is 31.6. The van der Waals surface area contributed by atoms with Crippen LogP contribution in [0, 0.1) is 0 Å². The molecule has 0 aromatic carbocycles. The molecule has 0 N–H and O–H groups in total. The summed E-state index contributed by atoms with van der Waals surface area (Å²) in [4.78, 5) is 0. The van der Waals surface area contributed by atoms with Crippen LogP contribution in [0.4, 0.5) is 0 Å². The van der Waals surface area contributed by atoms with Crippen LogP contribution in [0.25, 0.3) is 0 Å². The second-order valence-electron chi connectivity index (χ2n) is 4.11. The standard InChI is InChI=1S/C11H18ClNO3S2/c1-9(2)13(4-5-16-3)18(14,15)11-6-10(7-12)8-17-11/h6,8-9H,4-5,7H2,1-3H3. The molecule has 0 radical (unpaired) electrons. The summed E-state index contributed by atoms with van der Waals surface area (Å²) in [6.45, 7) is 4.43. The number of nitrogens with zero attached hydrogens (tertiary/aromatic N) is 1. The van der Waals surface area contributed by atoms with Gasteiger partial charge in [0.1, 0.15) is 4.21 Å². The molecule has 7 heteroatoms. The zero-order chi connectivity index (χ0) is 13.8. The van der Waals surface area contributed by atoms with E-state index in [1.807, 2.05) is 13.8 Å². The van der Waals surface area contributed by atoms with Gasteiger partial charge in [-0.1, -0.05) is 0 Å². The number of thiophene rings is 1. The summed E-state index contributed by atoms with van der Waals surface area (Å²) >= 11 is 6.90. The Hall–Kier alpha value is -0.140. The van der Waals surface area contributed by atoms with E-state index in [4.69, 9.17) is 16.3 Å². The van der Waals surface area contributed by atoms with E-state index in [1.54, 1.807) is 18.6 Å². The normalized spacial score (nSPS) is 12.6. The molecule has 0 aliphatic carbocycles. The lowest BCUT2D eigenvalue weighted by atomic mass is 10.4. The molecule has 1 rings (SSSR count). The van der Waals surface area contributed by atoms with Crippen LogP contribution < -0.4 is 0 Å². The fourth-order valence-electron chi connectivity index (χ4n) is 1.51. The van der Waals surface area contributed by atoms with Crippen LogP contribution in [0.3, 0.4) is 0 Å². The van der Waals surface area contributed by atoms with Gasteiger partial charge in [-0.05, 0) is 30.9 Å². The first kappa shape index (κ1) is 15.9. The fraction of sp³-hybridized carbons (Fsp3) is 0.636. The van der Waals surface area contributed by atoms with Crippen LogP contribution >= 0.6 is 22.9 Å². The average molecular weight is 312 g/mol. The Balaban J connectivity index is 3.00. The van der Waals surface area contributed by atoms with Crippen molar-refractivity contribution in [1.29, 1.82) is 0 Å².